The fraction of sp³-hybridized carbons (Fsp3) is 0.333. The van der Waals surface area contributed by atoms with Crippen molar-refractivity contribution in [2.75, 3.05) is 13.2 Å². The van der Waals surface area contributed by atoms with Crippen LogP contribution in [0.5, 0.6) is 23.0 Å². The van der Waals surface area contributed by atoms with E-state index in [0.717, 1.165) is 33.9 Å². The van der Waals surface area contributed by atoms with Crippen molar-refractivity contribution in [3.63, 3.8) is 0 Å². The van der Waals surface area contributed by atoms with E-state index in [1.54, 1.807) is 12.1 Å². The molecule has 3 aliphatic rings. The Bertz CT molecular complexity index is 800. The van der Waals surface area contributed by atoms with Gasteiger partial charge in [-0.2, -0.15) is 0 Å². The molecule has 5 rings (SSSR count). The minimum atomic E-state index is -0.178. The van der Waals surface area contributed by atoms with Crippen LogP contribution in [-0.4, -0.2) is 29.5 Å². The van der Waals surface area contributed by atoms with Crippen molar-refractivity contribution in [3.8, 4) is 23.0 Å². The summed E-state index contributed by atoms with van der Waals surface area (Å²) < 4.78 is 17.7. The first-order valence-electron chi connectivity index (χ1n) is 7.79. The molecule has 0 saturated carbocycles. The summed E-state index contributed by atoms with van der Waals surface area (Å²) in [6.07, 6.45) is 0.418. The highest BCUT2D eigenvalue weighted by Crippen LogP contribution is 2.53. The van der Waals surface area contributed by atoms with Crippen LogP contribution in [0.1, 0.15) is 28.7 Å². The van der Waals surface area contributed by atoms with E-state index in [-0.39, 0.29) is 30.5 Å². The van der Waals surface area contributed by atoms with Gasteiger partial charge < -0.3 is 24.4 Å². The third kappa shape index (κ3) is 1.83. The Hall–Kier alpha value is -2.40. The number of hydrogen-bond donors (Lipinski definition) is 2. The summed E-state index contributed by atoms with van der Waals surface area (Å²) in [7, 11) is 0. The quantitative estimate of drug-likeness (QED) is 0.845. The first kappa shape index (κ1) is 13.1. The number of fused-ring (bicyclic) bond motifs is 6. The lowest BCUT2D eigenvalue weighted by Gasteiger charge is -2.28. The van der Waals surface area contributed by atoms with Crippen molar-refractivity contribution in [1.29, 1.82) is 0 Å². The lowest BCUT2D eigenvalue weighted by atomic mass is 9.88. The van der Waals surface area contributed by atoms with Crippen LogP contribution in [0, 0.1) is 0 Å². The molecule has 2 aromatic rings. The molecule has 0 radical (unpaired) electrons. The van der Waals surface area contributed by atoms with Crippen molar-refractivity contribution < 1.29 is 24.4 Å². The summed E-state index contributed by atoms with van der Waals surface area (Å²) in [4.78, 5) is 0. The summed E-state index contributed by atoms with van der Waals surface area (Å²) in [5.41, 5.74) is 3.16. The van der Waals surface area contributed by atoms with E-state index in [1.165, 1.54) is 0 Å². The van der Waals surface area contributed by atoms with Gasteiger partial charge in [-0.25, -0.2) is 0 Å². The second-order valence-electron chi connectivity index (χ2n) is 6.30. The highest BCUT2D eigenvalue weighted by Gasteiger charge is 2.42. The molecule has 5 heteroatoms. The van der Waals surface area contributed by atoms with Gasteiger partial charge in [0.1, 0.15) is 35.2 Å². The molecule has 2 aromatic carbocycles. The van der Waals surface area contributed by atoms with Crippen molar-refractivity contribution in [2.24, 2.45) is 0 Å². The van der Waals surface area contributed by atoms with E-state index in [1.807, 2.05) is 12.1 Å². The molecule has 0 amide bonds. The topological polar surface area (TPSA) is 68.2 Å². The Kier molecular flexibility index (Phi) is 2.59. The van der Waals surface area contributed by atoms with Crippen LogP contribution < -0.4 is 14.2 Å². The van der Waals surface area contributed by atoms with Crippen LogP contribution in [0.4, 0.5) is 0 Å². The highest BCUT2D eigenvalue weighted by atomic mass is 16.5. The molecule has 5 nitrogen and oxygen atoms in total. The summed E-state index contributed by atoms with van der Waals surface area (Å²) in [6, 6.07) is 9.22. The summed E-state index contributed by atoms with van der Waals surface area (Å²) in [5.74, 6) is 2.63. The van der Waals surface area contributed by atoms with Crippen LogP contribution >= 0.6 is 0 Å². The van der Waals surface area contributed by atoms with E-state index in [4.69, 9.17) is 14.2 Å². The predicted octanol–water partition coefficient (Wildman–Crippen LogP) is 2.30. The van der Waals surface area contributed by atoms with Crippen LogP contribution in [0.15, 0.2) is 30.3 Å². The fourth-order valence-corrected chi connectivity index (χ4v) is 3.76. The molecular formula is C18H16O5. The number of phenols is 1. The van der Waals surface area contributed by atoms with E-state index >= 15 is 0 Å². The van der Waals surface area contributed by atoms with Crippen molar-refractivity contribution in [1.82, 2.24) is 0 Å². The number of rotatable bonds is 1. The third-order valence-corrected chi connectivity index (χ3v) is 4.88. The summed E-state index contributed by atoms with van der Waals surface area (Å²) in [5, 5.41) is 19.0. The van der Waals surface area contributed by atoms with E-state index in [9.17, 15) is 10.2 Å². The van der Waals surface area contributed by atoms with E-state index < -0.39 is 0 Å². The normalized spacial score (nSPS) is 26.2. The molecule has 0 bridgehead atoms. The molecule has 2 N–H and O–H groups in total. The van der Waals surface area contributed by atoms with Crippen LogP contribution in [0.3, 0.4) is 0 Å². The minimum absolute atomic E-state index is 0.00742. The molecule has 23 heavy (non-hydrogen) atoms. The molecule has 0 fully saturated rings. The molecule has 0 aromatic heterocycles. The van der Waals surface area contributed by atoms with E-state index in [0.29, 0.717) is 13.0 Å². The lowest BCUT2D eigenvalue weighted by molar-refractivity contribution is 0.131. The number of aliphatic hydroxyl groups is 1. The van der Waals surface area contributed by atoms with Gasteiger partial charge in [0.15, 0.2) is 0 Å². The number of benzene rings is 2. The fourth-order valence-electron chi connectivity index (χ4n) is 3.76. The van der Waals surface area contributed by atoms with Crippen molar-refractivity contribution in [2.45, 2.75) is 24.5 Å². The number of hydrogen-bond acceptors (Lipinski definition) is 5. The second-order valence-corrected chi connectivity index (χ2v) is 6.30. The van der Waals surface area contributed by atoms with Crippen LogP contribution in [0.25, 0.3) is 0 Å². The van der Waals surface area contributed by atoms with Gasteiger partial charge in [-0.1, -0.05) is 6.07 Å². The molecular weight excluding hydrogens is 296 g/mol. The third-order valence-electron chi connectivity index (χ3n) is 4.88. The van der Waals surface area contributed by atoms with Crippen molar-refractivity contribution >= 4 is 0 Å². The first-order valence-corrected chi connectivity index (χ1v) is 7.79. The van der Waals surface area contributed by atoms with Gasteiger partial charge in [0.05, 0.1) is 19.1 Å². The Morgan fingerprint density at radius 3 is 2.78 bits per heavy atom. The standard InChI is InChI=1S/C18H16O5/c19-7-11-3-9-4-13-16(6-15(9)22-11)21-8-14-12-2-1-10(20)5-17(12)23-18(13)14/h1-2,4-6,11,14,18-20H,3,7-8H2. The van der Waals surface area contributed by atoms with Crippen LogP contribution in [0.2, 0.25) is 0 Å². The van der Waals surface area contributed by atoms with Gasteiger partial charge in [0.25, 0.3) is 0 Å². The van der Waals surface area contributed by atoms with E-state index in [2.05, 4.69) is 6.07 Å². The zero-order valence-corrected chi connectivity index (χ0v) is 12.4. The van der Waals surface area contributed by atoms with Crippen molar-refractivity contribution in [3.05, 3.63) is 47.0 Å². The average molecular weight is 312 g/mol. The smallest absolute Gasteiger partial charge is 0.138 e. The Morgan fingerprint density at radius 2 is 1.91 bits per heavy atom. The summed E-state index contributed by atoms with van der Waals surface area (Å²) >= 11 is 0. The molecule has 3 aliphatic heterocycles. The maximum Gasteiger partial charge on any atom is 0.138 e. The first-order chi connectivity index (χ1) is 11.2. The summed E-state index contributed by atoms with van der Waals surface area (Å²) in [6.45, 7) is 0.547. The number of aliphatic hydroxyl groups excluding tert-OH is 1. The molecule has 3 atom stereocenters. The molecule has 3 heterocycles. The van der Waals surface area contributed by atoms with Gasteiger partial charge in [-0.15, -0.1) is 0 Å². The molecule has 0 saturated heterocycles. The number of ether oxygens (including phenoxy) is 3. The zero-order valence-electron chi connectivity index (χ0n) is 12.4. The predicted molar refractivity (Wildman–Crippen MR) is 81.4 cm³/mol. The zero-order chi connectivity index (χ0) is 15.6. The Balaban J connectivity index is 1.56. The Morgan fingerprint density at radius 1 is 1.00 bits per heavy atom. The maximum absolute atomic E-state index is 9.66. The second kappa shape index (κ2) is 4.55. The molecule has 118 valence electrons. The number of phenolic OH excluding ortho intramolecular Hbond substituents is 1. The van der Waals surface area contributed by atoms with Gasteiger partial charge in [0.2, 0.25) is 0 Å². The van der Waals surface area contributed by atoms with Gasteiger partial charge >= 0.3 is 0 Å². The van der Waals surface area contributed by atoms with Gasteiger partial charge in [0, 0.05) is 29.7 Å². The highest BCUT2D eigenvalue weighted by molar-refractivity contribution is 5.55. The van der Waals surface area contributed by atoms with Gasteiger partial charge in [-0.3, -0.25) is 0 Å². The maximum atomic E-state index is 9.66. The molecule has 0 aliphatic carbocycles. The monoisotopic (exact) mass is 312 g/mol. The SMILES string of the molecule is OCC1Cc2cc3c(cc2O1)OCC1c2ccc(O)cc2OC31. The van der Waals surface area contributed by atoms with Gasteiger partial charge in [-0.05, 0) is 17.7 Å². The Labute approximate surface area is 133 Å². The average Bonchev–Trinajstić information content (AvgIpc) is 3.12. The largest absolute Gasteiger partial charge is 0.508 e. The number of aromatic hydroxyl groups is 1. The minimum Gasteiger partial charge on any atom is -0.508 e. The lowest BCUT2D eigenvalue weighted by Crippen LogP contribution is -2.23. The van der Waals surface area contributed by atoms with Crippen LogP contribution in [-0.2, 0) is 6.42 Å². The molecule has 3 unspecified atom stereocenters. The molecule has 0 spiro atoms.